The minimum absolute atomic E-state index is 0.0539. The normalized spacial score (nSPS) is 16.9. The predicted molar refractivity (Wildman–Crippen MR) is 126 cm³/mol. The molecule has 4 rings (SSSR count). The average molecular weight is 466 g/mol. The molecule has 0 bridgehead atoms. The number of sulfonamides is 1. The molecule has 0 aromatic heterocycles. The third kappa shape index (κ3) is 4.70. The van der Waals surface area contributed by atoms with Crippen molar-refractivity contribution in [2.24, 2.45) is 5.41 Å². The molecule has 1 aliphatic rings. The minimum Gasteiger partial charge on any atom is -0.456 e. The van der Waals surface area contributed by atoms with Crippen LogP contribution in [0.2, 0.25) is 0 Å². The quantitative estimate of drug-likeness (QED) is 0.530. The van der Waals surface area contributed by atoms with Crippen LogP contribution in [0.1, 0.15) is 31.9 Å². The zero-order valence-corrected chi connectivity index (χ0v) is 19.8. The lowest BCUT2D eigenvalue weighted by atomic mass is 9.91. The first kappa shape index (κ1) is 23.1. The molecule has 0 spiro atoms. The Morgan fingerprint density at radius 2 is 1.58 bits per heavy atom. The van der Waals surface area contributed by atoms with Crippen LogP contribution in [0.3, 0.4) is 0 Å². The first-order valence-corrected chi connectivity index (χ1v) is 12.3. The van der Waals surface area contributed by atoms with Gasteiger partial charge in [-0.15, -0.1) is 0 Å². The van der Waals surface area contributed by atoms with Gasteiger partial charge < -0.3 is 4.74 Å². The maximum absolute atomic E-state index is 13.7. The van der Waals surface area contributed by atoms with E-state index in [0.29, 0.717) is 0 Å². The molecular weight excluding hydrogens is 438 g/mol. The second kappa shape index (κ2) is 8.72. The van der Waals surface area contributed by atoms with Gasteiger partial charge in [-0.1, -0.05) is 75.4 Å². The van der Waals surface area contributed by atoms with Crippen molar-refractivity contribution in [2.75, 3.05) is 6.61 Å². The van der Waals surface area contributed by atoms with E-state index < -0.39 is 27.4 Å². The van der Waals surface area contributed by atoms with E-state index in [1.165, 1.54) is 4.31 Å². The Bertz CT molecular complexity index is 1320. The SMILES string of the molecule is CC(C)(C)C(=O)COC(=O)[C@@H]1Cc2ccccc2CN1S(=O)(=O)c1ccc2ccccc2c1. The molecule has 1 atom stereocenters. The molecule has 0 fully saturated rings. The van der Waals surface area contributed by atoms with Crippen molar-refractivity contribution in [1.82, 2.24) is 4.31 Å². The van der Waals surface area contributed by atoms with Gasteiger partial charge in [0.25, 0.3) is 0 Å². The van der Waals surface area contributed by atoms with Crippen molar-refractivity contribution in [3.8, 4) is 0 Å². The van der Waals surface area contributed by atoms with Crippen LogP contribution >= 0.6 is 0 Å². The Labute approximate surface area is 194 Å². The first-order chi connectivity index (χ1) is 15.6. The smallest absolute Gasteiger partial charge is 0.325 e. The van der Waals surface area contributed by atoms with Crippen LogP contribution in [0, 0.1) is 5.41 Å². The van der Waals surface area contributed by atoms with Crippen molar-refractivity contribution < 1.29 is 22.7 Å². The zero-order chi connectivity index (χ0) is 23.8. The topological polar surface area (TPSA) is 80.8 Å². The van der Waals surface area contributed by atoms with Crippen LogP contribution in [-0.4, -0.2) is 37.1 Å². The maximum atomic E-state index is 13.7. The molecule has 7 heteroatoms. The van der Waals surface area contributed by atoms with Crippen LogP contribution < -0.4 is 0 Å². The number of ketones is 1. The highest BCUT2D eigenvalue weighted by atomic mass is 32.2. The molecule has 3 aromatic rings. The molecule has 0 N–H and O–H groups in total. The van der Waals surface area contributed by atoms with Crippen molar-refractivity contribution >= 4 is 32.5 Å². The lowest BCUT2D eigenvalue weighted by Crippen LogP contribution is -2.49. The Morgan fingerprint density at radius 3 is 2.27 bits per heavy atom. The summed E-state index contributed by atoms with van der Waals surface area (Å²) in [4.78, 5) is 25.4. The van der Waals surface area contributed by atoms with Gasteiger partial charge in [0.2, 0.25) is 10.0 Å². The van der Waals surface area contributed by atoms with Crippen LogP contribution in [-0.2, 0) is 37.3 Å². The molecule has 6 nitrogen and oxygen atoms in total. The lowest BCUT2D eigenvalue weighted by molar-refractivity contribution is -0.154. The fourth-order valence-electron chi connectivity index (χ4n) is 3.87. The van der Waals surface area contributed by atoms with Crippen molar-refractivity contribution in [2.45, 2.75) is 44.7 Å². The lowest BCUT2D eigenvalue weighted by Gasteiger charge is -2.34. The first-order valence-electron chi connectivity index (χ1n) is 10.8. The van der Waals surface area contributed by atoms with E-state index in [4.69, 9.17) is 4.74 Å². The fraction of sp³-hybridized carbons (Fsp3) is 0.308. The number of nitrogens with zero attached hydrogens (tertiary/aromatic N) is 1. The molecule has 0 radical (unpaired) electrons. The number of esters is 1. The van der Waals surface area contributed by atoms with E-state index in [2.05, 4.69) is 0 Å². The number of hydrogen-bond acceptors (Lipinski definition) is 5. The van der Waals surface area contributed by atoms with Gasteiger partial charge in [-0.2, -0.15) is 4.31 Å². The van der Waals surface area contributed by atoms with Gasteiger partial charge in [-0.05, 0) is 34.0 Å². The average Bonchev–Trinajstić information content (AvgIpc) is 2.80. The molecule has 0 amide bonds. The van der Waals surface area contributed by atoms with Gasteiger partial charge in [-0.25, -0.2) is 8.42 Å². The number of fused-ring (bicyclic) bond motifs is 2. The second-order valence-electron chi connectivity index (χ2n) is 9.33. The third-order valence-corrected chi connectivity index (χ3v) is 7.84. The number of rotatable bonds is 5. The molecule has 1 aliphatic heterocycles. The summed E-state index contributed by atoms with van der Waals surface area (Å²) in [5, 5.41) is 1.72. The highest BCUT2D eigenvalue weighted by molar-refractivity contribution is 7.89. The summed E-state index contributed by atoms with van der Waals surface area (Å²) in [6.45, 7) is 4.91. The van der Waals surface area contributed by atoms with Crippen molar-refractivity contribution in [3.63, 3.8) is 0 Å². The maximum Gasteiger partial charge on any atom is 0.325 e. The van der Waals surface area contributed by atoms with Gasteiger partial charge in [0.15, 0.2) is 12.4 Å². The summed E-state index contributed by atoms with van der Waals surface area (Å²) < 4.78 is 33.9. The zero-order valence-electron chi connectivity index (χ0n) is 18.9. The van der Waals surface area contributed by atoms with E-state index in [-0.39, 0.29) is 30.3 Å². The molecule has 33 heavy (non-hydrogen) atoms. The summed E-state index contributed by atoms with van der Waals surface area (Å²) in [6.07, 6.45) is 0.186. The molecule has 0 unspecified atom stereocenters. The van der Waals surface area contributed by atoms with E-state index in [9.17, 15) is 18.0 Å². The Kier molecular flexibility index (Phi) is 6.12. The fourth-order valence-corrected chi connectivity index (χ4v) is 5.46. The van der Waals surface area contributed by atoms with Crippen molar-refractivity contribution in [1.29, 1.82) is 0 Å². The van der Waals surface area contributed by atoms with E-state index in [1.54, 1.807) is 39.0 Å². The summed E-state index contributed by atoms with van der Waals surface area (Å²) in [5.74, 6) is -0.942. The number of hydrogen-bond donors (Lipinski definition) is 0. The minimum atomic E-state index is -4.01. The molecule has 3 aromatic carbocycles. The standard InChI is InChI=1S/C26H27NO5S/c1-26(2,3)24(28)17-32-25(29)23-15-20-10-6-7-11-21(20)16-27(23)33(30,31)22-13-12-18-8-4-5-9-19(18)14-22/h4-14,23H,15-17H2,1-3H3/t23-/m0/s1. The summed E-state index contributed by atoms with van der Waals surface area (Å²) in [5.41, 5.74) is 1.08. The van der Waals surface area contributed by atoms with E-state index in [0.717, 1.165) is 21.9 Å². The summed E-state index contributed by atoms with van der Waals surface area (Å²) >= 11 is 0. The second-order valence-corrected chi connectivity index (χ2v) is 11.2. The number of ether oxygens (including phenoxy) is 1. The molecule has 0 aliphatic carbocycles. The van der Waals surface area contributed by atoms with Crippen LogP contribution in [0.25, 0.3) is 10.8 Å². The molecule has 0 saturated carbocycles. The third-order valence-electron chi connectivity index (χ3n) is 5.99. The Morgan fingerprint density at radius 1 is 0.939 bits per heavy atom. The largest absolute Gasteiger partial charge is 0.456 e. The molecule has 1 heterocycles. The van der Waals surface area contributed by atoms with Crippen LogP contribution in [0.4, 0.5) is 0 Å². The summed E-state index contributed by atoms with van der Waals surface area (Å²) in [7, 11) is -4.01. The van der Waals surface area contributed by atoms with Crippen molar-refractivity contribution in [3.05, 3.63) is 77.9 Å². The van der Waals surface area contributed by atoms with Gasteiger partial charge in [0.05, 0.1) is 4.90 Å². The monoisotopic (exact) mass is 465 g/mol. The predicted octanol–water partition coefficient (Wildman–Crippen LogP) is 4.11. The number of carbonyl (C=O) groups is 2. The Balaban J connectivity index is 1.69. The van der Waals surface area contributed by atoms with Gasteiger partial charge in [0, 0.05) is 18.4 Å². The van der Waals surface area contributed by atoms with Crippen LogP contribution in [0.5, 0.6) is 0 Å². The van der Waals surface area contributed by atoms with E-state index >= 15 is 0 Å². The van der Waals surface area contributed by atoms with Gasteiger partial charge in [0.1, 0.15) is 6.04 Å². The number of carbonyl (C=O) groups excluding carboxylic acids is 2. The van der Waals surface area contributed by atoms with E-state index in [1.807, 2.05) is 48.5 Å². The van der Waals surface area contributed by atoms with Gasteiger partial charge in [-0.3, -0.25) is 9.59 Å². The summed E-state index contributed by atoms with van der Waals surface area (Å²) in [6, 6.07) is 18.8. The molecule has 0 saturated heterocycles. The molecule has 172 valence electrons. The molecular formula is C26H27NO5S. The number of benzene rings is 3. The van der Waals surface area contributed by atoms with Crippen LogP contribution in [0.15, 0.2) is 71.6 Å². The Hall–Kier alpha value is -3.03. The highest BCUT2D eigenvalue weighted by Gasteiger charge is 2.41. The highest BCUT2D eigenvalue weighted by Crippen LogP contribution is 2.31. The van der Waals surface area contributed by atoms with Gasteiger partial charge >= 0.3 is 5.97 Å². The number of Topliss-reactive ketones (excluding diaryl/α,β-unsaturated/α-hetero) is 1.